The minimum Gasteiger partial charge on any atom is -0.330 e. The predicted octanol–water partition coefficient (Wildman–Crippen LogP) is 2.89. The molecule has 0 radical (unpaired) electrons. The quantitative estimate of drug-likeness (QED) is 0.700. The molecule has 0 aliphatic carbocycles. The van der Waals surface area contributed by atoms with Gasteiger partial charge in [-0.05, 0) is 44.7 Å². The van der Waals surface area contributed by atoms with Gasteiger partial charge in [-0.1, -0.05) is 6.42 Å². The summed E-state index contributed by atoms with van der Waals surface area (Å²) in [6, 6.07) is 0. The number of hydrogen-bond acceptors (Lipinski definition) is 4. The van der Waals surface area contributed by atoms with Crippen molar-refractivity contribution in [2.24, 2.45) is 0 Å². The third kappa shape index (κ3) is 7.21. The summed E-state index contributed by atoms with van der Waals surface area (Å²) in [7, 11) is 0. The first kappa shape index (κ1) is 16.8. The van der Waals surface area contributed by atoms with Crippen molar-refractivity contribution in [2.75, 3.05) is 39.5 Å². The molecule has 1 saturated heterocycles. The Morgan fingerprint density at radius 1 is 1.19 bits per heavy atom. The summed E-state index contributed by atoms with van der Waals surface area (Å²) in [4.78, 5) is 2.45. The van der Waals surface area contributed by atoms with Crippen LogP contribution < -0.4 is 0 Å². The lowest BCUT2D eigenvalue weighted by Crippen LogP contribution is -2.32. The highest BCUT2D eigenvalue weighted by Gasteiger charge is 2.13. The maximum absolute atomic E-state index is 5.63. The highest BCUT2D eigenvalue weighted by molar-refractivity contribution is 8.09. The molecule has 6 heteroatoms. The zero-order chi connectivity index (χ0) is 11.1. The number of nitrogens with zero attached hydrogens (tertiary/aromatic N) is 1. The van der Waals surface area contributed by atoms with E-state index >= 15 is 0 Å². The Kier molecular flexibility index (Phi) is 9.30. The van der Waals surface area contributed by atoms with E-state index in [1.54, 1.807) is 0 Å². The van der Waals surface area contributed by atoms with Gasteiger partial charge in [0.15, 0.2) is 6.49 Å². The minimum absolute atomic E-state index is 0. The molecule has 0 N–H and O–H groups in total. The SMILES string of the molecule is CCOP(C)(=S)OCCN1CCCCC1.Cl. The standard InChI is InChI=1S/C10H22NO2PS.ClH/c1-3-12-14(2,15)13-10-9-11-7-5-4-6-8-11;/h3-10H2,1-2H3;1H. The molecule has 1 heterocycles. The highest BCUT2D eigenvalue weighted by atomic mass is 35.5. The Balaban J connectivity index is 0.00000225. The lowest BCUT2D eigenvalue weighted by atomic mass is 10.1. The molecule has 1 fully saturated rings. The molecule has 1 aliphatic heterocycles. The van der Waals surface area contributed by atoms with Gasteiger partial charge in [0.1, 0.15) is 0 Å². The van der Waals surface area contributed by atoms with Crippen LogP contribution in [0.2, 0.25) is 0 Å². The highest BCUT2D eigenvalue weighted by Crippen LogP contribution is 2.43. The van der Waals surface area contributed by atoms with E-state index in [4.69, 9.17) is 20.9 Å². The molecule has 1 rings (SSSR count). The van der Waals surface area contributed by atoms with Crippen LogP contribution in [0.5, 0.6) is 0 Å². The Hall–Kier alpha value is 0.820. The van der Waals surface area contributed by atoms with Crippen molar-refractivity contribution in [2.45, 2.75) is 26.2 Å². The largest absolute Gasteiger partial charge is 0.330 e. The molecule has 1 atom stereocenters. The molecule has 16 heavy (non-hydrogen) atoms. The maximum Gasteiger partial charge on any atom is 0.185 e. The molecular weight excluding hydrogens is 265 g/mol. The van der Waals surface area contributed by atoms with Gasteiger partial charge in [-0.25, -0.2) is 0 Å². The van der Waals surface area contributed by atoms with Crippen LogP contribution in [0.4, 0.5) is 0 Å². The Morgan fingerprint density at radius 3 is 2.38 bits per heavy atom. The van der Waals surface area contributed by atoms with Crippen LogP contribution in [0.1, 0.15) is 26.2 Å². The van der Waals surface area contributed by atoms with Gasteiger partial charge in [0.2, 0.25) is 0 Å². The van der Waals surface area contributed by atoms with E-state index in [1.807, 2.05) is 13.6 Å². The van der Waals surface area contributed by atoms with E-state index in [0.717, 1.165) is 6.54 Å². The van der Waals surface area contributed by atoms with Crippen LogP contribution in [-0.4, -0.2) is 44.4 Å². The zero-order valence-corrected chi connectivity index (χ0v) is 12.7. The first-order valence-electron chi connectivity index (χ1n) is 5.73. The lowest BCUT2D eigenvalue weighted by molar-refractivity contribution is 0.176. The second-order valence-corrected chi connectivity index (χ2v) is 7.97. The van der Waals surface area contributed by atoms with E-state index in [9.17, 15) is 0 Å². The zero-order valence-electron chi connectivity index (χ0n) is 10.2. The van der Waals surface area contributed by atoms with Crippen molar-refractivity contribution in [3.63, 3.8) is 0 Å². The monoisotopic (exact) mass is 287 g/mol. The van der Waals surface area contributed by atoms with Crippen LogP contribution in [0, 0.1) is 0 Å². The van der Waals surface area contributed by atoms with Gasteiger partial charge in [-0.2, -0.15) is 0 Å². The normalized spacial score (nSPS) is 21.1. The van der Waals surface area contributed by atoms with Crippen LogP contribution in [0.25, 0.3) is 0 Å². The summed E-state index contributed by atoms with van der Waals surface area (Å²) >= 11 is 5.26. The molecular formula is C10H23ClNO2PS. The molecule has 0 bridgehead atoms. The summed E-state index contributed by atoms with van der Waals surface area (Å²) < 4.78 is 11.0. The lowest BCUT2D eigenvalue weighted by Gasteiger charge is -2.27. The van der Waals surface area contributed by atoms with Crippen molar-refractivity contribution >= 4 is 30.7 Å². The fourth-order valence-electron chi connectivity index (χ4n) is 1.79. The second kappa shape index (κ2) is 8.84. The summed E-state index contributed by atoms with van der Waals surface area (Å²) in [5.74, 6) is 0. The van der Waals surface area contributed by atoms with E-state index in [1.165, 1.54) is 32.4 Å². The van der Waals surface area contributed by atoms with Gasteiger partial charge in [0, 0.05) is 13.2 Å². The average Bonchev–Trinajstić information content (AvgIpc) is 2.19. The number of halogens is 1. The molecule has 98 valence electrons. The first-order valence-corrected chi connectivity index (χ1v) is 8.81. The molecule has 1 aliphatic rings. The van der Waals surface area contributed by atoms with Gasteiger partial charge in [-0.15, -0.1) is 12.4 Å². The van der Waals surface area contributed by atoms with Gasteiger partial charge in [0.25, 0.3) is 0 Å². The van der Waals surface area contributed by atoms with Crippen molar-refractivity contribution in [3.05, 3.63) is 0 Å². The number of piperidine rings is 1. The Labute approximate surface area is 110 Å². The summed E-state index contributed by atoms with van der Waals surface area (Å²) in [5.41, 5.74) is 0. The molecule has 0 aromatic rings. The molecule has 3 nitrogen and oxygen atoms in total. The van der Waals surface area contributed by atoms with Crippen molar-refractivity contribution in [3.8, 4) is 0 Å². The van der Waals surface area contributed by atoms with Crippen molar-refractivity contribution in [1.29, 1.82) is 0 Å². The van der Waals surface area contributed by atoms with Crippen LogP contribution in [-0.2, 0) is 20.9 Å². The fraction of sp³-hybridized carbons (Fsp3) is 1.00. The Morgan fingerprint density at radius 2 is 1.81 bits per heavy atom. The van der Waals surface area contributed by atoms with E-state index in [-0.39, 0.29) is 12.4 Å². The fourth-order valence-corrected chi connectivity index (χ4v) is 3.29. The van der Waals surface area contributed by atoms with E-state index in [2.05, 4.69) is 4.90 Å². The molecule has 0 saturated carbocycles. The predicted molar refractivity (Wildman–Crippen MR) is 75.3 cm³/mol. The van der Waals surface area contributed by atoms with Gasteiger partial charge < -0.3 is 13.9 Å². The molecule has 1 unspecified atom stereocenters. The average molecular weight is 288 g/mol. The molecule has 0 aromatic heterocycles. The third-order valence-corrected chi connectivity index (χ3v) is 4.56. The van der Waals surface area contributed by atoms with Gasteiger partial charge in [0.05, 0.1) is 13.2 Å². The number of rotatable bonds is 6. The molecule has 0 aromatic carbocycles. The summed E-state index contributed by atoms with van der Waals surface area (Å²) in [5, 5.41) is 0. The van der Waals surface area contributed by atoms with Gasteiger partial charge in [-0.3, -0.25) is 0 Å². The van der Waals surface area contributed by atoms with Crippen molar-refractivity contribution < 1.29 is 9.05 Å². The first-order chi connectivity index (χ1) is 7.14. The van der Waals surface area contributed by atoms with Gasteiger partial charge >= 0.3 is 0 Å². The Bertz CT molecular complexity index is 225. The van der Waals surface area contributed by atoms with E-state index < -0.39 is 6.49 Å². The summed E-state index contributed by atoms with van der Waals surface area (Å²) in [6.07, 6.45) is 4.03. The van der Waals surface area contributed by atoms with Crippen LogP contribution >= 0.6 is 18.9 Å². The second-order valence-electron chi connectivity index (χ2n) is 3.92. The summed E-state index contributed by atoms with van der Waals surface area (Å²) in [6.45, 7) is 6.70. The van der Waals surface area contributed by atoms with Crippen LogP contribution in [0.3, 0.4) is 0 Å². The third-order valence-electron chi connectivity index (χ3n) is 2.55. The van der Waals surface area contributed by atoms with Crippen LogP contribution in [0.15, 0.2) is 0 Å². The maximum atomic E-state index is 5.63. The smallest absolute Gasteiger partial charge is 0.185 e. The molecule has 0 amide bonds. The number of likely N-dealkylation sites (tertiary alicyclic amines) is 1. The van der Waals surface area contributed by atoms with Crippen molar-refractivity contribution in [1.82, 2.24) is 4.90 Å². The minimum atomic E-state index is -1.95. The number of hydrogen-bond donors (Lipinski definition) is 0. The van der Waals surface area contributed by atoms with E-state index in [0.29, 0.717) is 13.2 Å². The topological polar surface area (TPSA) is 21.7 Å². The molecule has 0 spiro atoms.